The Morgan fingerprint density at radius 1 is 1.12 bits per heavy atom. The molecular formula is C19H27FN2O3S. The first-order valence-corrected chi connectivity index (χ1v) is 10.9. The lowest BCUT2D eigenvalue weighted by atomic mass is 9.87. The van der Waals surface area contributed by atoms with Crippen LogP contribution < -0.4 is 5.32 Å². The molecular weight excluding hydrogens is 355 g/mol. The van der Waals surface area contributed by atoms with Gasteiger partial charge in [0.15, 0.2) is 0 Å². The molecule has 7 heteroatoms. The van der Waals surface area contributed by atoms with Crippen LogP contribution in [0.2, 0.25) is 0 Å². The lowest BCUT2D eigenvalue weighted by molar-refractivity contribution is 0.0922. The van der Waals surface area contributed by atoms with Gasteiger partial charge in [-0.25, -0.2) is 12.8 Å². The molecule has 2 aliphatic rings. The van der Waals surface area contributed by atoms with Crippen LogP contribution in [0.1, 0.15) is 62.2 Å². The van der Waals surface area contributed by atoms with Crippen molar-refractivity contribution in [1.29, 1.82) is 0 Å². The molecule has 1 saturated carbocycles. The minimum atomic E-state index is -3.91. The molecule has 1 heterocycles. The highest BCUT2D eigenvalue weighted by Gasteiger charge is 2.30. The fourth-order valence-electron chi connectivity index (χ4n) is 3.76. The van der Waals surface area contributed by atoms with E-state index < -0.39 is 20.7 Å². The summed E-state index contributed by atoms with van der Waals surface area (Å²) >= 11 is 0. The van der Waals surface area contributed by atoms with Crippen molar-refractivity contribution in [2.45, 2.75) is 62.8 Å². The van der Waals surface area contributed by atoms with Crippen molar-refractivity contribution in [3.05, 3.63) is 29.6 Å². The highest BCUT2D eigenvalue weighted by atomic mass is 32.2. The zero-order valence-electron chi connectivity index (χ0n) is 15.2. The Bertz CT molecular complexity index is 752. The van der Waals surface area contributed by atoms with Crippen LogP contribution in [0, 0.1) is 11.7 Å². The number of carbonyl (C=O) groups excluding carboxylic acids is 1. The van der Waals surface area contributed by atoms with Crippen LogP contribution in [-0.4, -0.2) is 37.8 Å². The van der Waals surface area contributed by atoms with Gasteiger partial charge in [0.2, 0.25) is 10.0 Å². The van der Waals surface area contributed by atoms with Gasteiger partial charge in [-0.3, -0.25) is 4.79 Å². The first-order valence-electron chi connectivity index (χ1n) is 9.48. The van der Waals surface area contributed by atoms with E-state index in [0.29, 0.717) is 19.0 Å². The van der Waals surface area contributed by atoms with E-state index in [1.165, 1.54) is 16.4 Å². The number of carbonyl (C=O) groups is 1. The zero-order chi connectivity index (χ0) is 18.7. The molecule has 1 aromatic rings. The van der Waals surface area contributed by atoms with Gasteiger partial charge >= 0.3 is 0 Å². The standard InChI is InChI=1S/C19H27FN2O3S/c1-14-5-8-16(9-6-14)21-19(23)15-7-10-17(20)18(13-15)26(24,25)22-11-3-2-4-12-22/h7,10,13-14,16H,2-6,8-9,11-12H2,1H3,(H,21,23). The van der Waals surface area contributed by atoms with Crippen molar-refractivity contribution in [3.8, 4) is 0 Å². The quantitative estimate of drug-likeness (QED) is 0.869. The number of piperidine rings is 1. The summed E-state index contributed by atoms with van der Waals surface area (Å²) in [7, 11) is -3.91. The lowest BCUT2D eigenvalue weighted by Gasteiger charge is -2.27. The summed E-state index contributed by atoms with van der Waals surface area (Å²) < 4.78 is 41.1. The summed E-state index contributed by atoms with van der Waals surface area (Å²) in [5, 5.41) is 2.96. The molecule has 0 bridgehead atoms. The molecule has 0 aromatic heterocycles. The summed E-state index contributed by atoms with van der Waals surface area (Å²) in [4.78, 5) is 12.1. The number of halogens is 1. The molecule has 1 amide bonds. The van der Waals surface area contributed by atoms with E-state index in [4.69, 9.17) is 0 Å². The second-order valence-corrected chi connectivity index (χ2v) is 9.45. The van der Waals surface area contributed by atoms with Gasteiger partial charge in [0.25, 0.3) is 5.91 Å². The largest absolute Gasteiger partial charge is 0.349 e. The molecule has 2 fully saturated rings. The first-order chi connectivity index (χ1) is 12.4. The van der Waals surface area contributed by atoms with E-state index in [9.17, 15) is 17.6 Å². The van der Waals surface area contributed by atoms with Gasteiger partial charge in [0, 0.05) is 24.7 Å². The van der Waals surface area contributed by atoms with Gasteiger partial charge in [-0.2, -0.15) is 4.31 Å². The number of sulfonamides is 1. The van der Waals surface area contributed by atoms with E-state index in [1.807, 2.05) is 0 Å². The average molecular weight is 383 g/mol. The number of hydrogen-bond donors (Lipinski definition) is 1. The third-order valence-corrected chi connectivity index (χ3v) is 7.39. The Balaban J connectivity index is 1.77. The fourth-order valence-corrected chi connectivity index (χ4v) is 5.37. The Hall–Kier alpha value is -1.47. The molecule has 144 valence electrons. The Morgan fingerprint density at radius 3 is 2.42 bits per heavy atom. The number of benzene rings is 1. The van der Waals surface area contributed by atoms with E-state index in [-0.39, 0.29) is 17.5 Å². The number of rotatable bonds is 4. The maximum Gasteiger partial charge on any atom is 0.251 e. The maximum absolute atomic E-state index is 14.2. The van der Waals surface area contributed by atoms with E-state index in [2.05, 4.69) is 12.2 Å². The van der Waals surface area contributed by atoms with Gasteiger partial charge in [-0.15, -0.1) is 0 Å². The average Bonchev–Trinajstić information content (AvgIpc) is 2.64. The van der Waals surface area contributed by atoms with Gasteiger partial charge < -0.3 is 5.32 Å². The second kappa shape index (κ2) is 8.05. The monoisotopic (exact) mass is 382 g/mol. The van der Waals surface area contributed by atoms with Gasteiger partial charge in [-0.1, -0.05) is 13.3 Å². The third kappa shape index (κ3) is 4.26. The molecule has 1 N–H and O–H groups in total. The van der Waals surface area contributed by atoms with E-state index >= 15 is 0 Å². The minimum absolute atomic E-state index is 0.103. The van der Waals surface area contributed by atoms with Crippen LogP contribution in [0.25, 0.3) is 0 Å². The number of hydrogen-bond acceptors (Lipinski definition) is 3. The predicted octanol–water partition coefficient (Wildman–Crippen LogP) is 3.31. The molecule has 1 aliphatic heterocycles. The summed E-state index contributed by atoms with van der Waals surface area (Å²) in [6.07, 6.45) is 6.53. The minimum Gasteiger partial charge on any atom is -0.349 e. The summed E-state index contributed by atoms with van der Waals surface area (Å²) in [5.41, 5.74) is 0.195. The second-order valence-electron chi connectivity index (χ2n) is 7.54. The molecule has 0 spiro atoms. The molecule has 0 unspecified atom stereocenters. The van der Waals surface area contributed by atoms with Crippen molar-refractivity contribution < 1.29 is 17.6 Å². The SMILES string of the molecule is CC1CCC(NC(=O)c2ccc(F)c(S(=O)(=O)N3CCCCC3)c2)CC1. The van der Waals surface area contributed by atoms with Gasteiger partial charge in [0.1, 0.15) is 10.7 Å². The Morgan fingerprint density at radius 2 is 1.77 bits per heavy atom. The Kier molecular flexibility index (Phi) is 5.97. The van der Waals surface area contributed by atoms with Gasteiger partial charge in [0.05, 0.1) is 0 Å². The molecule has 5 nitrogen and oxygen atoms in total. The molecule has 1 saturated heterocycles. The van der Waals surface area contributed by atoms with Crippen molar-refractivity contribution in [3.63, 3.8) is 0 Å². The highest BCUT2D eigenvalue weighted by Crippen LogP contribution is 2.26. The van der Waals surface area contributed by atoms with Crippen LogP contribution in [-0.2, 0) is 10.0 Å². The van der Waals surface area contributed by atoms with Gasteiger partial charge in [-0.05, 0) is 62.6 Å². The summed E-state index contributed by atoms with van der Waals surface area (Å²) in [6.45, 7) is 3.01. The van der Waals surface area contributed by atoms with E-state index in [0.717, 1.165) is 51.0 Å². The van der Waals surface area contributed by atoms with Crippen molar-refractivity contribution in [2.24, 2.45) is 5.92 Å². The topological polar surface area (TPSA) is 66.5 Å². The van der Waals surface area contributed by atoms with Crippen LogP contribution >= 0.6 is 0 Å². The number of nitrogens with zero attached hydrogens (tertiary/aromatic N) is 1. The number of nitrogens with one attached hydrogen (secondary N) is 1. The lowest BCUT2D eigenvalue weighted by Crippen LogP contribution is -2.38. The molecule has 26 heavy (non-hydrogen) atoms. The maximum atomic E-state index is 14.2. The molecule has 1 aliphatic carbocycles. The first kappa shape index (κ1) is 19.3. The zero-order valence-corrected chi connectivity index (χ0v) is 16.0. The molecule has 3 rings (SSSR count). The normalized spacial score (nSPS) is 25.0. The molecule has 1 aromatic carbocycles. The van der Waals surface area contributed by atoms with Crippen LogP contribution in [0.15, 0.2) is 23.1 Å². The van der Waals surface area contributed by atoms with Crippen LogP contribution in [0.5, 0.6) is 0 Å². The van der Waals surface area contributed by atoms with Crippen LogP contribution in [0.3, 0.4) is 0 Å². The number of amides is 1. The van der Waals surface area contributed by atoms with Crippen LogP contribution in [0.4, 0.5) is 4.39 Å². The molecule has 0 atom stereocenters. The smallest absolute Gasteiger partial charge is 0.251 e. The fraction of sp³-hybridized carbons (Fsp3) is 0.632. The summed E-state index contributed by atoms with van der Waals surface area (Å²) in [6, 6.07) is 3.71. The highest BCUT2D eigenvalue weighted by molar-refractivity contribution is 7.89. The van der Waals surface area contributed by atoms with Crippen molar-refractivity contribution in [1.82, 2.24) is 9.62 Å². The predicted molar refractivity (Wildman–Crippen MR) is 97.9 cm³/mol. The molecule has 0 radical (unpaired) electrons. The summed E-state index contributed by atoms with van der Waals surface area (Å²) in [5.74, 6) is -0.464. The van der Waals surface area contributed by atoms with Crippen molar-refractivity contribution >= 4 is 15.9 Å². The van der Waals surface area contributed by atoms with E-state index in [1.54, 1.807) is 0 Å². The van der Waals surface area contributed by atoms with Crippen molar-refractivity contribution in [2.75, 3.05) is 13.1 Å². The Labute approximate surface area is 155 Å². The third-order valence-electron chi connectivity index (χ3n) is 5.48.